The van der Waals surface area contributed by atoms with Gasteiger partial charge in [-0.1, -0.05) is 19.4 Å². The van der Waals surface area contributed by atoms with Crippen molar-refractivity contribution in [2.24, 2.45) is 17.8 Å². The van der Waals surface area contributed by atoms with Crippen molar-refractivity contribution in [2.75, 3.05) is 11.9 Å². The molecule has 0 aromatic heterocycles. The first-order valence-electron chi connectivity index (χ1n) is 7.59. The van der Waals surface area contributed by atoms with E-state index in [0.717, 1.165) is 24.2 Å². The molecule has 0 aliphatic heterocycles. The predicted molar refractivity (Wildman–Crippen MR) is 78.0 cm³/mol. The van der Waals surface area contributed by atoms with Gasteiger partial charge in [0.2, 0.25) is 0 Å². The molecule has 1 aromatic carbocycles. The van der Waals surface area contributed by atoms with Gasteiger partial charge in [-0.25, -0.2) is 0 Å². The number of hydrogen-bond donors (Lipinski definition) is 1. The van der Waals surface area contributed by atoms with Crippen LogP contribution < -0.4 is 5.32 Å². The summed E-state index contributed by atoms with van der Waals surface area (Å²) in [6.07, 6.45) is 7.12. The number of nitrogens with one attached hydrogen (secondary N) is 1. The van der Waals surface area contributed by atoms with Gasteiger partial charge in [0.1, 0.15) is 0 Å². The van der Waals surface area contributed by atoms with Crippen molar-refractivity contribution >= 4 is 5.69 Å². The van der Waals surface area contributed by atoms with Gasteiger partial charge in [0.15, 0.2) is 0 Å². The van der Waals surface area contributed by atoms with Crippen LogP contribution in [0.2, 0.25) is 0 Å². The molecule has 0 saturated heterocycles. The minimum Gasteiger partial charge on any atom is -0.385 e. The summed E-state index contributed by atoms with van der Waals surface area (Å²) in [4.78, 5) is 0. The second kappa shape index (κ2) is 4.95. The SMILES string of the molecule is CCc1ccc(NCC2CC3CCC2C3)cc1C. The molecule has 2 aliphatic rings. The van der Waals surface area contributed by atoms with Gasteiger partial charge in [-0.15, -0.1) is 0 Å². The van der Waals surface area contributed by atoms with Gasteiger partial charge < -0.3 is 5.32 Å². The van der Waals surface area contributed by atoms with Crippen LogP contribution in [0.25, 0.3) is 0 Å². The van der Waals surface area contributed by atoms with E-state index in [1.165, 1.54) is 49.0 Å². The van der Waals surface area contributed by atoms with Crippen LogP contribution in [-0.2, 0) is 6.42 Å². The van der Waals surface area contributed by atoms with Gasteiger partial charge in [-0.3, -0.25) is 0 Å². The predicted octanol–water partition coefficient (Wildman–Crippen LogP) is 4.41. The minimum absolute atomic E-state index is 0.940. The zero-order chi connectivity index (χ0) is 12.5. The molecule has 3 atom stereocenters. The summed E-state index contributed by atoms with van der Waals surface area (Å²) < 4.78 is 0. The van der Waals surface area contributed by atoms with E-state index >= 15 is 0 Å². The molecule has 1 N–H and O–H groups in total. The summed E-state index contributed by atoms with van der Waals surface area (Å²) >= 11 is 0. The zero-order valence-electron chi connectivity index (χ0n) is 11.7. The number of aryl methyl sites for hydroxylation is 2. The maximum Gasteiger partial charge on any atom is 0.0343 e. The highest BCUT2D eigenvalue weighted by molar-refractivity contribution is 5.48. The number of benzene rings is 1. The van der Waals surface area contributed by atoms with E-state index in [-0.39, 0.29) is 0 Å². The van der Waals surface area contributed by atoms with E-state index in [9.17, 15) is 0 Å². The molecule has 2 fully saturated rings. The Hall–Kier alpha value is -0.980. The third kappa shape index (κ3) is 2.28. The number of anilines is 1. The first-order valence-corrected chi connectivity index (χ1v) is 7.59. The van der Waals surface area contributed by atoms with Crippen molar-refractivity contribution < 1.29 is 0 Å². The fourth-order valence-electron chi connectivity index (χ4n) is 4.08. The molecule has 2 bridgehead atoms. The third-order valence-electron chi connectivity index (χ3n) is 5.18. The Labute approximate surface area is 111 Å². The Bertz CT molecular complexity index is 424. The largest absolute Gasteiger partial charge is 0.385 e. The molecule has 18 heavy (non-hydrogen) atoms. The van der Waals surface area contributed by atoms with Crippen molar-refractivity contribution in [1.29, 1.82) is 0 Å². The van der Waals surface area contributed by atoms with E-state index in [1.807, 2.05) is 0 Å². The van der Waals surface area contributed by atoms with Gasteiger partial charge in [0.25, 0.3) is 0 Å². The van der Waals surface area contributed by atoms with Crippen LogP contribution in [0, 0.1) is 24.7 Å². The van der Waals surface area contributed by atoms with Crippen LogP contribution in [-0.4, -0.2) is 6.54 Å². The lowest BCUT2D eigenvalue weighted by atomic mass is 9.89. The van der Waals surface area contributed by atoms with Crippen LogP contribution >= 0.6 is 0 Å². The molecule has 2 saturated carbocycles. The summed E-state index contributed by atoms with van der Waals surface area (Å²) in [6, 6.07) is 6.84. The molecule has 0 amide bonds. The summed E-state index contributed by atoms with van der Waals surface area (Å²) in [6.45, 7) is 5.64. The van der Waals surface area contributed by atoms with Crippen LogP contribution in [0.1, 0.15) is 43.7 Å². The van der Waals surface area contributed by atoms with Crippen LogP contribution in [0.4, 0.5) is 5.69 Å². The van der Waals surface area contributed by atoms with Crippen molar-refractivity contribution in [3.05, 3.63) is 29.3 Å². The number of fused-ring (bicyclic) bond motifs is 2. The van der Waals surface area contributed by atoms with Crippen LogP contribution in [0.3, 0.4) is 0 Å². The van der Waals surface area contributed by atoms with Gasteiger partial charge >= 0.3 is 0 Å². The highest BCUT2D eigenvalue weighted by Crippen LogP contribution is 2.48. The van der Waals surface area contributed by atoms with Crippen molar-refractivity contribution in [2.45, 2.75) is 46.0 Å². The van der Waals surface area contributed by atoms with Crippen LogP contribution in [0.5, 0.6) is 0 Å². The maximum atomic E-state index is 3.66. The van der Waals surface area contributed by atoms with Crippen molar-refractivity contribution in [1.82, 2.24) is 0 Å². The second-order valence-corrected chi connectivity index (χ2v) is 6.31. The molecular formula is C17H25N. The normalized spacial score (nSPS) is 29.8. The van der Waals surface area contributed by atoms with Gasteiger partial charge in [0.05, 0.1) is 0 Å². The lowest BCUT2D eigenvalue weighted by Crippen LogP contribution is -2.20. The van der Waals surface area contributed by atoms with Gasteiger partial charge in [-0.2, -0.15) is 0 Å². The highest BCUT2D eigenvalue weighted by Gasteiger charge is 2.38. The second-order valence-electron chi connectivity index (χ2n) is 6.31. The average molecular weight is 243 g/mol. The summed E-state index contributed by atoms with van der Waals surface area (Å²) in [5, 5.41) is 3.66. The Morgan fingerprint density at radius 3 is 2.72 bits per heavy atom. The Morgan fingerprint density at radius 1 is 1.22 bits per heavy atom. The first kappa shape index (κ1) is 12.1. The number of rotatable bonds is 4. The Balaban J connectivity index is 1.58. The highest BCUT2D eigenvalue weighted by atomic mass is 14.9. The Kier molecular flexibility index (Phi) is 3.32. The quantitative estimate of drug-likeness (QED) is 0.826. The lowest BCUT2D eigenvalue weighted by Gasteiger charge is -2.22. The molecule has 98 valence electrons. The lowest BCUT2D eigenvalue weighted by molar-refractivity contribution is 0.348. The fraction of sp³-hybridized carbons (Fsp3) is 0.647. The molecule has 1 heteroatoms. The molecule has 1 aromatic rings. The monoisotopic (exact) mass is 243 g/mol. The first-order chi connectivity index (χ1) is 8.76. The van der Waals surface area contributed by atoms with Gasteiger partial charge in [0, 0.05) is 12.2 Å². The van der Waals surface area contributed by atoms with Crippen molar-refractivity contribution in [3.8, 4) is 0 Å². The fourth-order valence-corrected chi connectivity index (χ4v) is 4.08. The smallest absolute Gasteiger partial charge is 0.0343 e. The summed E-state index contributed by atoms with van der Waals surface area (Å²) in [5.41, 5.74) is 4.21. The molecule has 0 heterocycles. The van der Waals surface area contributed by atoms with E-state index in [1.54, 1.807) is 0 Å². The molecule has 0 spiro atoms. The standard InChI is InChI=1S/C17H25N/c1-3-14-6-7-17(8-12(14)2)18-11-16-10-13-4-5-15(16)9-13/h6-8,13,15-16,18H,3-5,9-11H2,1-2H3. The van der Waals surface area contributed by atoms with E-state index in [0.29, 0.717) is 0 Å². The van der Waals surface area contributed by atoms with Crippen molar-refractivity contribution in [3.63, 3.8) is 0 Å². The summed E-state index contributed by atoms with van der Waals surface area (Å²) in [7, 11) is 0. The maximum absolute atomic E-state index is 3.66. The molecule has 3 unspecified atom stereocenters. The van der Waals surface area contributed by atoms with Gasteiger partial charge in [-0.05, 0) is 73.6 Å². The molecular weight excluding hydrogens is 218 g/mol. The average Bonchev–Trinajstić information content (AvgIpc) is 2.98. The molecule has 3 rings (SSSR count). The zero-order valence-corrected chi connectivity index (χ0v) is 11.7. The topological polar surface area (TPSA) is 12.0 Å². The minimum atomic E-state index is 0.940. The molecule has 1 nitrogen and oxygen atoms in total. The molecule has 0 radical (unpaired) electrons. The Morgan fingerprint density at radius 2 is 2.11 bits per heavy atom. The van der Waals surface area contributed by atoms with E-state index in [4.69, 9.17) is 0 Å². The van der Waals surface area contributed by atoms with E-state index in [2.05, 4.69) is 37.4 Å². The number of hydrogen-bond acceptors (Lipinski definition) is 1. The third-order valence-corrected chi connectivity index (χ3v) is 5.18. The molecule has 2 aliphatic carbocycles. The van der Waals surface area contributed by atoms with Crippen LogP contribution in [0.15, 0.2) is 18.2 Å². The van der Waals surface area contributed by atoms with E-state index < -0.39 is 0 Å². The summed E-state index contributed by atoms with van der Waals surface area (Å²) in [5.74, 6) is 3.03.